The van der Waals surface area contributed by atoms with Crippen LogP contribution in [-0.2, 0) is 9.59 Å². The summed E-state index contributed by atoms with van der Waals surface area (Å²) >= 11 is 0. The van der Waals surface area contributed by atoms with Gasteiger partial charge in [0.15, 0.2) is 0 Å². The molecule has 1 rings (SSSR count). The summed E-state index contributed by atoms with van der Waals surface area (Å²) in [6.07, 6.45) is 2.69. The first-order chi connectivity index (χ1) is 9.90. The van der Waals surface area contributed by atoms with Gasteiger partial charge < -0.3 is 20.6 Å². The molecule has 1 atom stereocenters. The van der Waals surface area contributed by atoms with Gasteiger partial charge in [0.2, 0.25) is 5.91 Å². The van der Waals surface area contributed by atoms with Gasteiger partial charge in [-0.15, -0.1) is 0 Å². The molecule has 0 aromatic carbocycles. The molecule has 21 heavy (non-hydrogen) atoms. The van der Waals surface area contributed by atoms with Gasteiger partial charge >= 0.3 is 12.0 Å². The first-order valence-electron chi connectivity index (χ1n) is 7.45. The molecule has 7 nitrogen and oxygen atoms in total. The molecule has 0 aliphatic carbocycles. The minimum Gasteiger partial charge on any atom is -0.480 e. The maximum Gasteiger partial charge on any atom is 0.326 e. The molecule has 3 N–H and O–H groups in total. The van der Waals surface area contributed by atoms with E-state index in [1.807, 2.05) is 13.8 Å². The quantitative estimate of drug-likeness (QED) is 0.647. The number of carbonyl (C=O) groups is 3. The van der Waals surface area contributed by atoms with E-state index in [4.69, 9.17) is 5.11 Å². The smallest absolute Gasteiger partial charge is 0.326 e. The highest BCUT2D eigenvalue weighted by Gasteiger charge is 2.21. The number of hydrogen-bond acceptors (Lipinski definition) is 3. The van der Waals surface area contributed by atoms with Gasteiger partial charge in [-0.25, -0.2) is 9.59 Å². The number of urea groups is 1. The van der Waals surface area contributed by atoms with Crippen LogP contribution < -0.4 is 10.6 Å². The van der Waals surface area contributed by atoms with Gasteiger partial charge in [0.05, 0.1) is 0 Å². The lowest BCUT2D eigenvalue weighted by Gasteiger charge is -2.18. The summed E-state index contributed by atoms with van der Waals surface area (Å²) in [5.74, 6) is -0.847. The number of rotatable bonds is 7. The largest absolute Gasteiger partial charge is 0.480 e. The number of hydrogen-bond donors (Lipinski definition) is 3. The van der Waals surface area contributed by atoms with Crippen molar-refractivity contribution >= 4 is 17.9 Å². The summed E-state index contributed by atoms with van der Waals surface area (Å²) in [7, 11) is 0. The zero-order valence-electron chi connectivity index (χ0n) is 12.7. The van der Waals surface area contributed by atoms with E-state index in [2.05, 4.69) is 10.6 Å². The molecule has 1 unspecified atom stereocenters. The Morgan fingerprint density at radius 3 is 2.33 bits per heavy atom. The van der Waals surface area contributed by atoms with E-state index in [0.717, 1.165) is 25.9 Å². The second-order valence-electron chi connectivity index (χ2n) is 5.76. The lowest BCUT2D eigenvalue weighted by molar-refractivity contribution is -0.139. The van der Waals surface area contributed by atoms with Crippen LogP contribution in [0, 0.1) is 5.92 Å². The fourth-order valence-electron chi connectivity index (χ4n) is 2.31. The Morgan fingerprint density at radius 2 is 1.81 bits per heavy atom. The molecule has 1 aliphatic heterocycles. The van der Waals surface area contributed by atoms with E-state index in [1.165, 1.54) is 0 Å². The minimum absolute atomic E-state index is 0.0322. The van der Waals surface area contributed by atoms with E-state index in [-0.39, 0.29) is 24.8 Å². The second-order valence-corrected chi connectivity index (χ2v) is 5.76. The molecule has 1 aliphatic rings. The predicted molar refractivity (Wildman–Crippen MR) is 77.8 cm³/mol. The van der Waals surface area contributed by atoms with E-state index in [1.54, 1.807) is 4.90 Å². The molecular weight excluding hydrogens is 274 g/mol. The third-order valence-electron chi connectivity index (χ3n) is 3.39. The Hall–Kier alpha value is -1.79. The van der Waals surface area contributed by atoms with Crippen LogP contribution in [-0.4, -0.2) is 53.6 Å². The molecule has 0 aromatic heterocycles. The summed E-state index contributed by atoms with van der Waals surface area (Å²) in [6.45, 7) is 5.59. The Bertz CT molecular complexity index is 378. The van der Waals surface area contributed by atoms with Crippen molar-refractivity contribution in [2.45, 2.75) is 45.6 Å². The molecule has 1 heterocycles. The van der Waals surface area contributed by atoms with E-state index >= 15 is 0 Å². The molecule has 0 spiro atoms. The molecule has 1 fully saturated rings. The van der Waals surface area contributed by atoms with E-state index in [9.17, 15) is 14.4 Å². The van der Waals surface area contributed by atoms with Gasteiger partial charge in [0, 0.05) is 26.1 Å². The summed E-state index contributed by atoms with van der Waals surface area (Å²) in [5.41, 5.74) is 0. The first kappa shape index (κ1) is 17.3. The van der Waals surface area contributed by atoms with Gasteiger partial charge in [-0.3, -0.25) is 4.79 Å². The number of carboxylic acids is 1. The number of aliphatic carboxylic acids is 1. The maximum atomic E-state index is 11.8. The standard InChI is InChI=1S/C14H25N3O4/c1-10(2)9-11(13(19)20)16-14(21)15-6-5-12(18)17-7-3-4-8-17/h10-11H,3-9H2,1-2H3,(H,19,20)(H2,15,16,21). The van der Waals surface area contributed by atoms with Crippen LogP contribution in [0.1, 0.15) is 39.5 Å². The molecule has 0 saturated carbocycles. The minimum atomic E-state index is -1.05. The lowest BCUT2D eigenvalue weighted by atomic mass is 10.0. The van der Waals surface area contributed by atoms with Crippen molar-refractivity contribution in [1.82, 2.24) is 15.5 Å². The van der Waals surface area contributed by atoms with Gasteiger partial charge in [0.1, 0.15) is 6.04 Å². The van der Waals surface area contributed by atoms with Gasteiger partial charge in [0.25, 0.3) is 0 Å². The Morgan fingerprint density at radius 1 is 1.19 bits per heavy atom. The first-order valence-corrected chi connectivity index (χ1v) is 7.45. The summed E-state index contributed by atoms with van der Waals surface area (Å²) < 4.78 is 0. The van der Waals surface area contributed by atoms with Crippen molar-refractivity contribution in [1.29, 1.82) is 0 Å². The Balaban J connectivity index is 2.25. The third-order valence-corrected chi connectivity index (χ3v) is 3.39. The number of amides is 3. The number of carboxylic acid groups (broad SMARTS) is 1. The number of likely N-dealkylation sites (tertiary alicyclic amines) is 1. The van der Waals surface area contributed by atoms with E-state index in [0.29, 0.717) is 6.42 Å². The highest BCUT2D eigenvalue weighted by Crippen LogP contribution is 2.08. The molecule has 120 valence electrons. The molecule has 0 aromatic rings. The van der Waals surface area contributed by atoms with Crippen LogP contribution in [0.15, 0.2) is 0 Å². The number of nitrogens with one attached hydrogen (secondary N) is 2. The van der Waals surface area contributed by atoms with Crippen molar-refractivity contribution in [3.8, 4) is 0 Å². The van der Waals surface area contributed by atoms with Crippen molar-refractivity contribution in [3.05, 3.63) is 0 Å². The van der Waals surface area contributed by atoms with Crippen LogP contribution in [0.5, 0.6) is 0 Å². The van der Waals surface area contributed by atoms with Crippen LogP contribution in [0.25, 0.3) is 0 Å². The predicted octanol–water partition coefficient (Wildman–Crippen LogP) is 0.797. The van der Waals surface area contributed by atoms with Crippen LogP contribution in [0.4, 0.5) is 4.79 Å². The van der Waals surface area contributed by atoms with Crippen molar-refractivity contribution in [2.75, 3.05) is 19.6 Å². The molecule has 0 radical (unpaired) electrons. The zero-order valence-corrected chi connectivity index (χ0v) is 12.7. The van der Waals surface area contributed by atoms with Crippen LogP contribution >= 0.6 is 0 Å². The fourth-order valence-corrected chi connectivity index (χ4v) is 2.31. The molecule has 0 bridgehead atoms. The average molecular weight is 299 g/mol. The normalized spacial score (nSPS) is 15.9. The summed E-state index contributed by atoms with van der Waals surface area (Å²) in [5, 5.41) is 14.0. The van der Waals surface area contributed by atoms with Crippen molar-refractivity contribution < 1.29 is 19.5 Å². The average Bonchev–Trinajstić information content (AvgIpc) is 2.91. The monoisotopic (exact) mass is 299 g/mol. The summed E-state index contributed by atoms with van der Waals surface area (Å²) in [4.78, 5) is 36.2. The molecule has 3 amide bonds. The van der Waals surface area contributed by atoms with Crippen LogP contribution in [0.2, 0.25) is 0 Å². The van der Waals surface area contributed by atoms with Gasteiger partial charge in [-0.2, -0.15) is 0 Å². The lowest BCUT2D eigenvalue weighted by Crippen LogP contribution is -2.47. The Labute approximate surface area is 125 Å². The topological polar surface area (TPSA) is 98.7 Å². The zero-order chi connectivity index (χ0) is 15.8. The summed E-state index contributed by atoms with van der Waals surface area (Å²) in [6, 6.07) is -1.45. The number of nitrogens with zero attached hydrogens (tertiary/aromatic N) is 1. The van der Waals surface area contributed by atoms with E-state index < -0.39 is 18.0 Å². The fraction of sp³-hybridized carbons (Fsp3) is 0.786. The van der Waals surface area contributed by atoms with Crippen molar-refractivity contribution in [3.63, 3.8) is 0 Å². The van der Waals surface area contributed by atoms with Gasteiger partial charge in [-0.05, 0) is 25.2 Å². The highest BCUT2D eigenvalue weighted by molar-refractivity contribution is 5.83. The maximum absolute atomic E-state index is 11.8. The van der Waals surface area contributed by atoms with Gasteiger partial charge in [-0.1, -0.05) is 13.8 Å². The van der Waals surface area contributed by atoms with Crippen LogP contribution in [0.3, 0.4) is 0 Å². The van der Waals surface area contributed by atoms with Crippen molar-refractivity contribution in [2.24, 2.45) is 5.92 Å². The molecule has 7 heteroatoms. The Kier molecular flexibility index (Phi) is 6.98. The highest BCUT2D eigenvalue weighted by atomic mass is 16.4. The third kappa shape index (κ3) is 6.46. The molecule has 1 saturated heterocycles. The molecular formula is C14H25N3O4. The second kappa shape index (κ2) is 8.49. The SMILES string of the molecule is CC(C)CC(NC(=O)NCCC(=O)N1CCCC1)C(=O)O. The number of carbonyl (C=O) groups excluding carboxylic acids is 2.